The molecule has 20 heavy (non-hydrogen) atoms. The minimum Gasteiger partial charge on any atom is -0.505 e. The zero-order valence-electron chi connectivity index (χ0n) is 10.2. The van der Waals surface area contributed by atoms with Crippen LogP contribution in [0.1, 0.15) is 10.5 Å². The van der Waals surface area contributed by atoms with Crippen molar-refractivity contribution < 1.29 is 14.3 Å². The van der Waals surface area contributed by atoms with E-state index in [-0.39, 0.29) is 11.4 Å². The number of aromatic hydroxyl groups is 1. The number of hydrogen-bond acceptors (Lipinski definition) is 3. The van der Waals surface area contributed by atoms with E-state index in [9.17, 15) is 9.18 Å². The van der Waals surface area contributed by atoms with Crippen LogP contribution in [0.15, 0.2) is 42.5 Å². The van der Waals surface area contributed by atoms with Crippen molar-refractivity contribution in [1.29, 1.82) is 0 Å². The van der Waals surface area contributed by atoms with E-state index in [0.29, 0.717) is 5.39 Å². The number of phenolic OH excluding ortho intramolecular Hbond substituents is 1. The third kappa shape index (κ3) is 2.07. The number of phenols is 1. The van der Waals surface area contributed by atoms with Gasteiger partial charge in [-0.05, 0) is 18.2 Å². The first-order valence-electron chi connectivity index (χ1n) is 5.88. The van der Waals surface area contributed by atoms with Crippen LogP contribution in [0.5, 0.6) is 5.75 Å². The quantitative estimate of drug-likeness (QED) is 0.627. The van der Waals surface area contributed by atoms with Crippen LogP contribution in [0.4, 0.5) is 10.1 Å². The molecule has 100 valence electrons. The fourth-order valence-corrected chi connectivity index (χ4v) is 1.91. The summed E-state index contributed by atoms with van der Waals surface area (Å²) in [6.45, 7) is 0. The number of carbonyl (C=O) groups is 1. The smallest absolute Gasteiger partial charge is 0.276 e. The van der Waals surface area contributed by atoms with Crippen molar-refractivity contribution in [3.63, 3.8) is 0 Å². The first kappa shape index (κ1) is 12.2. The van der Waals surface area contributed by atoms with Gasteiger partial charge in [0.15, 0.2) is 17.3 Å². The molecular formula is C14H10FN3O2. The van der Waals surface area contributed by atoms with E-state index < -0.39 is 17.5 Å². The van der Waals surface area contributed by atoms with Gasteiger partial charge in [0.2, 0.25) is 0 Å². The summed E-state index contributed by atoms with van der Waals surface area (Å²) in [7, 11) is 0. The van der Waals surface area contributed by atoms with Crippen LogP contribution in [-0.2, 0) is 0 Å². The Kier molecular flexibility index (Phi) is 2.83. The number of halogens is 1. The van der Waals surface area contributed by atoms with Crippen molar-refractivity contribution in [3.8, 4) is 5.75 Å². The molecule has 5 nitrogen and oxygen atoms in total. The Morgan fingerprint density at radius 2 is 2.05 bits per heavy atom. The van der Waals surface area contributed by atoms with Crippen LogP contribution in [0.25, 0.3) is 10.9 Å². The molecule has 3 aromatic rings. The first-order chi connectivity index (χ1) is 9.65. The lowest BCUT2D eigenvalue weighted by Crippen LogP contribution is -2.12. The van der Waals surface area contributed by atoms with Gasteiger partial charge in [-0.3, -0.25) is 9.89 Å². The van der Waals surface area contributed by atoms with E-state index in [2.05, 4.69) is 15.5 Å². The lowest BCUT2D eigenvalue weighted by molar-refractivity contribution is 0.102. The molecule has 0 radical (unpaired) electrons. The van der Waals surface area contributed by atoms with Crippen LogP contribution in [0.3, 0.4) is 0 Å². The molecule has 0 saturated carbocycles. The van der Waals surface area contributed by atoms with Crippen molar-refractivity contribution in [3.05, 3.63) is 54.0 Å². The zero-order chi connectivity index (χ0) is 14.1. The third-order valence-corrected chi connectivity index (χ3v) is 2.89. The summed E-state index contributed by atoms with van der Waals surface area (Å²) in [4.78, 5) is 12.1. The molecule has 0 fully saturated rings. The third-order valence-electron chi connectivity index (χ3n) is 2.89. The van der Waals surface area contributed by atoms with Crippen molar-refractivity contribution >= 4 is 22.5 Å². The lowest BCUT2D eigenvalue weighted by Gasteiger charge is -2.04. The predicted octanol–water partition coefficient (Wildman–Crippen LogP) is 2.66. The van der Waals surface area contributed by atoms with Crippen LogP contribution >= 0.6 is 0 Å². The average molecular weight is 271 g/mol. The molecular weight excluding hydrogens is 261 g/mol. The Morgan fingerprint density at radius 1 is 1.25 bits per heavy atom. The Balaban J connectivity index is 1.91. The van der Waals surface area contributed by atoms with Gasteiger partial charge in [-0.15, -0.1) is 0 Å². The van der Waals surface area contributed by atoms with Crippen LogP contribution in [-0.4, -0.2) is 21.2 Å². The van der Waals surface area contributed by atoms with Gasteiger partial charge in [-0.25, -0.2) is 4.39 Å². The van der Waals surface area contributed by atoms with Gasteiger partial charge < -0.3 is 10.4 Å². The Morgan fingerprint density at radius 3 is 2.85 bits per heavy atom. The number of aromatic nitrogens is 2. The molecule has 0 aliphatic carbocycles. The number of para-hydroxylation sites is 1. The molecule has 1 heterocycles. The molecule has 0 saturated heterocycles. The lowest BCUT2D eigenvalue weighted by atomic mass is 10.2. The highest BCUT2D eigenvalue weighted by atomic mass is 19.1. The second kappa shape index (κ2) is 4.65. The van der Waals surface area contributed by atoms with Gasteiger partial charge in [-0.1, -0.05) is 18.2 Å². The summed E-state index contributed by atoms with van der Waals surface area (Å²) in [6.07, 6.45) is 0. The van der Waals surface area contributed by atoms with E-state index in [1.807, 2.05) is 6.07 Å². The molecule has 6 heteroatoms. The van der Waals surface area contributed by atoms with Gasteiger partial charge >= 0.3 is 0 Å². The SMILES string of the molecule is O=C(Nc1ccc(O)c(F)c1)c1n[nH]c2ccccc12. The highest BCUT2D eigenvalue weighted by molar-refractivity contribution is 6.11. The normalized spacial score (nSPS) is 10.7. The monoisotopic (exact) mass is 271 g/mol. The van der Waals surface area contributed by atoms with Crippen LogP contribution < -0.4 is 5.32 Å². The molecule has 0 aliphatic rings. The van der Waals surface area contributed by atoms with Crippen LogP contribution in [0.2, 0.25) is 0 Å². The number of rotatable bonds is 2. The van der Waals surface area contributed by atoms with E-state index in [4.69, 9.17) is 5.11 Å². The second-order valence-corrected chi connectivity index (χ2v) is 4.24. The number of hydrogen-bond donors (Lipinski definition) is 3. The maximum absolute atomic E-state index is 13.2. The van der Waals surface area contributed by atoms with E-state index >= 15 is 0 Å². The molecule has 0 bridgehead atoms. The Labute approximate surface area is 113 Å². The number of nitrogens with zero attached hydrogens (tertiary/aromatic N) is 1. The van der Waals surface area contributed by atoms with Gasteiger partial charge in [0.05, 0.1) is 5.52 Å². The molecule has 0 unspecified atom stereocenters. The summed E-state index contributed by atoms with van der Waals surface area (Å²) < 4.78 is 13.2. The second-order valence-electron chi connectivity index (χ2n) is 4.24. The zero-order valence-corrected chi connectivity index (χ0v) is 10.2. The molecule has 0 aliphatic heterocycles. The highest BCUT2D eigenvalue weighted by Gasteiger charge is 2.14. The van der Waals surface area contributed by atoms with E-state index in [0.717, 1.165) is 11.6 Å². The first-order valence-corrected chi connectivity index (χ1v) is 5.88. The largest absolute Gasteiger partial charge is 0.505 e. The van der Waals surface area contributed by atoms with Crippen molar-refractivity contribution in [2.24, 2.45) is 0 Å². The summed E-state index contributed by atoms with van der Waals surface area (Å²) in [5, 5.41) is 19.0. The fourth-order valence-electron chi connectivity index (χ4n) is 1.91. The maximum Gasteiger partial charge on any atom is 0.276 e. The molecule has 1 amide bonds. The predicted molar refractivity (Wildman–Crippen MR) is 72.1 cm³/mol. The Hall–Kier alpha value is -2.89. The average Bonchev–Trinajstić information content (AvgIpc) is 2.87. The van der Waals surface area contributed by atoms with Crippen LogP contribution in [0, 0.1) is 5.82 Å². The van der Waals surface area contributed by atoms with Gasteiger partial charge in [0.1, 0.15) is 0 Å². The summed E-state index contributed by atoms with van der Waals surface area (Å²) in [5.41, 5.74) is 1.22. The molecule has 1 aromatic heterocycles. The number of carbonyl (C=O) groups excluding carboxylic acids is 1. The minimum atomic E-state index is -0.797. The topological polar surface area (TPSA) is 78.0 Å². The number of nitrogens with one attached hydrogen (secondary N) is 2. The molecule has 0 atom stereocenters. The summed E-state index contributed by atoms with van der Waals surface area (Å²) in [5.74, 6) is -1.71. The number of fused-ring (bicyclic) bond motifs is 1. The van der Waals surface area contributed by atoms with Crippen molar-refractivity contribution in [2.75, 3.05) is 5.32 Å². The minimum absolute atomic E-state index is 0.231. The molecule has 0 spiro atoms. The van der Waals surface area contributed by atoms with E-state index in [1.54, 1.807) is 18.2 Å². The Bertz CT molecular complexity index is 798. The standard InChI is InChI=1S/C14H10FN3O2/c15-10-7-8(5-6-12(10)19)16-14(20)13-9-3-1-2-4-11(9)17-18-13/h1-7,19H,(H,16,20)(H,17,18). The molecule has 3 N–H and O–H groups in total. The molecule has 2 aromatic carbocycles. The van der Waals surface area contributed by atoms with E-state index in [1.165, 1.54) is 12.1 Å². The molecule has 3 rings (SSSR count). The number of anilines is 1. The van der Waals surface area contributed by atoms with Gasteiger partial charge in [0.25, 0.3) is 5.91 Å². The van der Waals surface area contributed by atoms with Crippen molar-refractivity contribution in [2.45, 2.75) is 0 Å². The van der Waals surface area contributed by atoms with Crippen molar-refractivity contribution in [1.82, 2.24) is 10.2 Å². The summed E-state index contributed by atoms with van der Waals surface area (Å²) in [6, 6.07) is 10.8. The number of amides is 1. The number of benzene rings is 2. The van der Waals surface area contributed by atoms with Gasteiger partial charge in [-0.2, -0.15) is 5.10 Å². The fraction of sp³-hybridized carbons (Fsp3) is 0. The van der Waals surface area contributed by atoms with Gasteiger partial charge in [0, 0.05) is 17.1 Å². The summed E-state index contributed by atoms with van der Waals surface area (Å²) >= 11 is 0. The number of aromatic amines is 1. The number of H-pyrrole nitrogens is 1. The maximum atomic E-state index is 13.2. The highest BCUT2D eigenvalue weighted by Crippen LogP contribution is 2.21.